The maximum absolute atomic E-state index is 13.2. The molecule has 0 radical (unpaired) electrons. The van der Waals surface area contributed by atoms with Gasteiger partial charge in [0.25, 0.3) is 5.91 Å². The molecule has 1 aromatic carbocycles. The molecule has 3 rings (SSSR count). The standard InChI is InChI=1S/C18H25N3O3/c1-17(2)12-18(13-8-5-6-9-14(13)24-17)15(22)21(16(23)19-18)11-7-10-20(3)4/h5-6,8-9H,7,10-12H2,1-4H3,(H,19,23). The van der Waals surface area contributed by atoms with E-state index in [-0.39, 0.29) is 11.9 Å². The molecule has 130 valence electrons. The van der Waals surface area contributed by atoms with Gasteiger partial charge in [0, 0.05) is 18.5 Å². The number of rotatable bonds is 4. The van der Waals surface area contributed by atoms with E-state index < -0.39 is 11.1 Å². The van der Waals surface area contributed by atoms with Crippen molar-refractivity contribution in [2.24, 2.45) is 0 Å². The van der Waals surface area contributed by atoms with E-state index in [9.17, 15) is 9.59 Å². The summed E-state index contributed by atoms with van der Waals surface area (Å²) in [4.78, 5) is 29.1. The first kappa shape index (κ1) is 16.8. The van der Waals surface area contributed by atoms with Crippen LogP contribution in [0.5, 0.6) is 5.75 Å². The predicted octanol–water partition coefficient (Wildman–Crippen LogP) is 1.95. The van der Waals surface area contributed by atoms with Crippen molar-refractivity contribution in [1.29, 1.82) is 0 Å². The Labute approximate surface area is 142 Å². The minimum atomic E-state index is -1.02. The molecule has 1 aromatic rings. The summed E-state index contributed by atoms with van der Waals surface area (Å²) in [6.45, 7) is 5.14. The number of para-hydroxylation sites is 1. The van der Waals surface area contributed by atoms with Gasteiger partial charge in [-0.1, -0.05) is 18.2 Å². The van der Waals surface area contributed by atoms with Crippen molar-refractivity contribution < 1.29 is 14.3 Å². The van der Waals surface area contributed by atoms with E-state index in [2.05, 4.69) is 5.32 Å². The minimum absolute atomic E-state index is 0.171. The predicted molar refractivity (Wildman–Crippen MR) is 90.9 cm³/mol. The molecule has 1 atom stereocenters. The number of carbonyl (C=O) groups excluding carboxylic acids is 2. The highest BCUT2D eigenvalue weighted by atomic mass is 16.5. The summed E-state index contributed by atoms with van der Waals surface area (Å²) >= 11 is 0. The van der Waals surface area contributed by atoms with Gasteiger partial charge in [-0.05, 0) is 47.0 Å². The number of benzene rings is 1. The number of nitrogens with zero attached hydrogens (tertiary/aromatic N) is 2. The van der Waals surface area contributed by atoms with Crippen molar-refractivity contribution in [2.45, 2.75) is 37.8 Å². The van der Waals surface area contributed by atoms with Crippen LogP contribution in [0.3, 0.4) is 0 Å². The molecule has 6 heteroatoms. The lowest BCUT2D eigenvalue weighted by atomic mass is 9.77. The fourth-order valence-corrected chi connectivity index (χ4v) is 3.65. The van der Waals surface area contributed by atoms with E-state index in [4.69, 9.17) is 4.74 Å². The third-order valence-electron chi connectivity index (χ3n) is 4.59. The Kier molecular flexibility index (Phi) is 4.03. The van der Waals surface area contributed by atoms with Crippen molar-refractivity contribution in [2.75, 3.05) is 27.2 Å². The lowest BCUT2D eigenvalue weighted by Crippen LogP contribution is -2.53. The van der Waals surface area contributed by atoms with Gasteiger partial charge >= 0.3 is 6.03 Å². The van der Waals surface area contributed by atoms with Gasteiger partial charge in [0.15, 0.2) is 5.54 Å². The van der Waals surface area contributed by atoms with Crippen LogP contribution >= 0.6 is 0 Å². The number of ether oxygens (including phenoxy) is 1. The smallest absolute Gasteiger partial charge is 0.325 e. The number of hydrogen-bond donors (Lipinski definition) is 1. The van der Waals surface area contributed by atoms with Crippen molar-refractivity contribution in [3.8, 4) is 5.75 Å². The van der Waals surface area contributed by atoms with Gasteiger partial charge < -0.3 is 15.0 Å². The first-order chi connectivity index (χ1) is 11.3. The molecule has 1 unspecified atom stereocenters. The lowest BCUT2D eigenvalue weighted by molar-refractivity contribution is -0.134. The SMILES string of the molecule is CN(C)CCCN1C(=O)NC2(CC(C)(C)Oc3ccccc32)C1=O. The van der Waals surface area contributed by atoms with E-state index in [1.54, 1.807) is 0 Å². The molecule has 2 aliphatic rings. The number of carbonyl (C=O) groups is 2. The summed E-state index contributed by atoms with van der Waals surface area (Å²) in [5.74, 6) is 0.493. The molecule has 2 aliphatic heterocycles. The van der Waals surface area contributed by atoms with Crippen LogP contribution in [-0.2, 0) is 10.3 Å². The zero-order valence-corrected chi connectivity index (χ0v) is 14.8. The van der Waals surface area contributed by atoms with Gasteiger partial charge in [0.2, 0.25) is 0 Å². The highest BCUT2D eigenvalue weighted by Crippen LogP contribution is 2.46. The fraction of sp³-hybridized carbons (Fsp3) is 0.556. The van der Waals surface area contributed by atoms with Crippen molar-refractivity contribution >= 4 is 11.9 Å². The Bertz CT molecular complexity index is 671. The molecule has 1 fully saturated rings. The topological polar surface area (TPSA) is 61.9 Å². The second-order valence-electron chi connectivity index (χ2n) is 7.48. The molecule has 24 heavy (non-hydrogen) atoms. The average Bonchev–Trinajstić information content (AvgIpc) is 2.70. The summed E-state index contributed by atoms with van der Waals surface area (Å²) in [5.41, 5.74) is -0.803. The summed E-state index contributed by atoms with van der Waals surface area (Å²) in [6.07, 6.45) is 1.18. The molecular weight excluding hydrogens is 306 g/mol. The van der Waals surface area contributed by atoms with E-state index >= 15 is 0 Å². The van der Waals surface area contributed by atoms with Crippen molar-refractivity contribution in [3.63, 3.8) is 0 Å². The quantitative estimate of drug-likeness (QED) is 0.857. The van der Waals surface area contributed by atoms with Gasteiger partial charge in [0.05, 0.1) is 0 Å². The number of imide groups is 1. The first-order valence-corrected chi connectivity index (χ1v) is 8.33. The molecule has 6 nitrogen and oxygen atoms in total. The highest BCUT2D eigenvalue weighted by molar-refractivity contribution is 6.08. The highest BCUT2D eigenvalue weighted by Gasteiger charge is 2.58. The molecule has 0 aromatic heterocycles. The summed E-state index contributed by atoms with van der Waals surface area (Å²) in [6, 6.07) is 7.16. The van der Waals surface area contributed by atoms with E-state index in [1.807, 2.05) is 57.1 Å². The van der Waals surface area contributed by atoms with Gasteiger partial charge in [-0.15, -0.1) is 0 Å². The van der Waals surface area contributed by atoms with Gasteiger partial charge in [-0.3, -0.25) is 9.69 Å². The third-order valence-corrected chi connectivity index (χ3v) is 4.59. The zero-order valence-electron chi connectivity index (χ0n) is 14.8. The Hall–Kier alpha value is -2.08. The van der Waals surface area contributed by atoms with Crippen LogP contribution in [0.4, 0.5) is 4.79 Å². The summed E-state index contributed by atoms with van der Waals surface area (Å²) < 4.78 is 6.01. The average molecular weight is 331 g/mol. The van der Waals surface area contributed by atoms with E-state index in [0.717, 1.165) is 18.5 Å². The zero-order chi connectivity index (χ0) is 17.5. The molecule has 1 spiro atoms. The number of urea groups is 1. The molecule has 0 aliphatic carbocycles. The number of nitrogens with one attached hydrogen (secondary N) is 1. The van der Waals surface area contributed by atoms with Gasteiger partial charge in [0.1, 0.15) is 11.4 Å². The second-order valence-corrected chi connectivity index (χ2v) is 7.48. The van der Waals surface area contributed by atoms with E-state index in [1.165, 1.54) is 4.90 Å². The number of fused-ring (bicyclic) bond motifs is 2. The fourth-order valence-electron chi connectivity index (χ4n) is 3.65. The van der Waals surface area contributed by atoms with Crippen molar-refractivity contribution in [3.05, 3.63) is 29.8 Å². The Balaban J connectivity index is 1.93. The van der Waals surface area contributed by atoms with Crippen LogP contribution in [0.1, 0.15) is 32.3 Å². The molecule has 1 saturated heterocycles. The minimum Gasteiger partial charge on any atom is -0.487 e. The maximum Gasteiger partial charge on any atom is 0.325 e. The second kappa shape index (κ2) is 5.77. The lowest BCUT2D eigenvalue weighted by Gasteiger charge is -2.42. The first-order valence-electron chi connectivity index (χ1n) is 8.33. The molecule has 2 heterocycles. The molecular formula is C18H25N3O3. The van der Waals surface area contributed by atoms with Crippen LogP contribution in [-0.4, -0.2) is 54.5 Å². The Morgan fingerprint density at radius 3 is 2.67 bits per heavy atom. The molecule has 0 saturated carbocycles. The monoisotopic (exact) mass is 331 g/mol. The largest absolute Gasteiger partial charge is 0.487 e. The molecule has 0 bridgehead atoms. The summed E-state index contributed by atoms with van der Waals surface area (Å²) in [7, 11) is 3.95. The normalized spacial score (nSPS) is 25.0. The number of amides is 3. The van der Waals surface area contributed by atoms with Crippen LogP contribution in [0.2, 0.25) is 0 Å². The summed E-state index contributed by atoms with van der Waals surface area (Å²) in [5, 5.41) is 2.96. The maximum atomic E-state index is 13.2. The van der Waals surface area contributed by atoms with Gasteiger partial charge in [-0.2, -0.15) is 0 Å². The Morgan fingerprint density at radius 1 is 1.25 bits per heavy atom. The van der Waals surface area contributed by atoms with Crippen LogP contribution in [0.15, 0.2) is 24.3 Å². The van der Waals surface area contributed by atoms with Crippen LogP contribution < -0.4 is 10.1 Å². The Morgan fingerprint density at radius 2 is 1.96 bits per heavy atom. The third kappa shape index (κ3) is 2.75. The van der Waals surface area contributed by atoms with Crippen molar-refractivity contribution in [1.82, 2.24) is 15.1 Å². The van der Waals surface area contributed by atoms with Crippen LogP contribution in [0.25, 0.3) is 0 Å². The van der Waals surface area contributed by atoms with E-state index in [0.29, 0.717) is 18.7 Å². The number of hydrogen-bond acceptors (Lipinski definition) is 4. The van der Waals surface area contributed by atoms with Crippen LogP contribution in [0, 0.1) is 0 Å². The molecule has 1 N–H and O–H groups in total. The molecule has 3 amide bonds. The van der Waals surface area contributed by atoms with Gasteiger partial charge in [-0.25, -0.2) is 4.79 Å².